The molecule has 0 aliphatic heterocycles. The van der Waals surface area contributed by atoms with E-state index in [-0.39, 0.29) is 0 Å². The summed E-state index contributed by atoms with van der Waals surface area (Å²) in [4.78, 5) is 0. The molecule has 1 nitrogen and oxygen atoms in total. The van der Waals surface area contributed by atoms with Crippen LogP contribution in [0.25, 0.3) is 0 Å². The highest BCUT2D eigenvalue weighted by molar-refractivity contribution is 4.72. The minimum absolute atomic E-state index is 0.634. The lowest BCUT2D eigenvalue weighted by Gasteiger charge is -1.95. The summed E-state index contributed by atoms with van der Waals surface area (Å²) in [5, 5.41) is 3.03. The van der Waals surface area contributed by atoms with Crippen LogP contribution in [0, 0.1) is 5.92 Å². The Balaban J connectivity index is -0.000000131. The van der Waals surface area contributed by atoms with Crippen LogP contribution in [-0.4, -0.2) is 13.1 Å². The zero-order chi connectivity index (χ0) is 11.3. The predicted molar refractivity (Wildman–Crippen MR) is 65.1 cm³/mol. The van der Waals surface area contributed by atoms with Gasteiger partial charge in [0.2, 0.25) is 0 Å². The third kappa shape index (κ3) is 34.4. The molecule has 0 bridgehead atoms. The van der Waals surface area contributed by atoms with Gasteiger partial charge < -0.3 is 5.32 Å². The van der Waals surface area contributed by atoms with E-state index in [1.54, 1.807) is 0 Å². The summed E-state index contributed by atoms with van der Waals surface area (Å²) < 4.78 is 0. The average molecular weight is 185 g/mol. The van der Waals surface area contributed by atoms with Crippen LogP contribution in [0.5, 0.6) is 0 Å². The van der Waals surface area contributed by atoms with E-state index in [9.17, 15) is 0 Å². The Morgan fingerprint density at radius 1 is 1.23 bits per heavy atom. The topological polar surface area (TPSA) is 12.0 Å². The summed E-state index contributed by atoms with van der Waals surface area (Å²) in [5.74, 6) is 0.699. The summed E-state index contributed by atoms with van der Waals surface area (Å²) in [7, 11) is 1.95. The third-order valence-electron chi connectivity index (χ3n) is 1.62. The van der Waals surface area contributed by atoms with E-state index in [0.717, 1.165) is 0 Å². The van der Waals surface area contributed by atoms with Crippen molar-refractivity contribution in [3.05, 3.63) is 25.8 Å². The molecule has 0 aromatic heterocycles. The molecular formula is C12H27N. The second-order valence-electron chi connectivity index (χ2n) is 3.06. The molecule has 1 heteroatoms. The van der Waals surface area contributed by atoms with Crippen molar-refractivity contribution in [3.63, 3.8) is 0 Å². The quantitative estimate of drug-likeness (QED) is 0.662. The Labute approximate surface area is 84.9 Å². The molecular weight excluding hydrogens is 158 g/mol. The van der Waals surface area contributed by atoms with Crippen molar-refractivity contribution in [1.82, 2.24) is 5.32 Å². The van der Waals surface area contributed by atoms with Crippen LogP contribution in [0.1, 0.15) is 34.1 Å². The second-order valence-corrected chi connectivity index (χ2v) is 3.06. The summed E-state index contributed by atoms with van der Waals surface area (Å²) in [6.07, 6.45) is 3.18. The van der Waals surface area contributed by atoms with Crippen LogP contribution in [0.4, 0.5) is 0 Å². The second kappa shape index (κ2) is 17.5. The fraction of sp³-hybridized carbons (Fsp3) is 0.667. The van der Waals surface area contributed by atoms with E-state index in [4.69, 9.17) is 0 Å². The van der Waals surface area contributed by atoms with Gasteiger partial charge in [0.1, 0.15) is 0 Å². The van der Waals surface area contributed by atoms with Gasteiger partial charge in [0.25, 0.3) is 0 Å². The highest BCUT2D eigenvalue weighted by Crippen LogP contribution is 1.98. The van der Waals surface area contributed by atoms with Gasteiger partial charge in [-0.25, -0.2) is 0 Å². The lowest BCUT2D eigenvalue weighted by molar-refractivity contribution is 0.668. The lowest BCUT2D eigenvalue weighted by atomic mass is 10.1. The van der Waals surface area contributed by atoms with Crippen molar-refractivity contribution < 1.29 is 0 Å². The first-order valence-corrected chi connectivity index (χ1v) is 4.88. The first-order chi connectivity index (χ1) is 6.08. The molecule has 0 radical (unpaired) electrons. The van der Waals surface area contributed by atoms with Crippen LogP contribution >= 0.6 is 0 Å². The van der Waals surface area contributed by atoms with Crippen LogP contribution in [0.15, 0.2) is 25.8 Å². The van der Waals surface area contributed by atoms with Crippen molar-refractivity contribution in [2.75, 3.05) is 7.05 Å². The summed E-state index contributed by atoms with van der Waals surface area (Å²) >= 11 is 0. The molecule has 80 valence electrons. The van der Waals surface area contributed by atoms with Crippen molar-refractivity contribution in [1.29, 1.82) is 0 Å². The molecule has 0 aliphatic rings. The minimum Gasteiger partial charge on any atom is -0.318 e. The smallest absolute Gasteiger partial charge is 0.000733 e. The molecule has 0 saturated heterocycles. The van der Waals surface area contributed by atoms with E-state index in [1.807, 2.05) is 13.1 Å². The van der Waals surface area contributed by atoms with E-state index in [1.165, 1.54) is 6.42 Å². The highest BCUT2D eigenvalue weighted by atomic mass is 14.8. The zero-order valence-corrected chi connectivity index (χ0v) is 10.1. The first kappa shape index (κ1) is 18.3. The molecule has 0 amide bonds. The van der Waals surface area contributed by atoms with Crippen LogP contribution < -0.4 is 5.32 Å². The van der Waals surface area contributed by atoms with E-state index in [0.29, 0.717) is 12.0 Å². The predicted octanol–water partition coefficient (Wildman–Crippen LogP) is 3.63. The van der Waals surface area contributed by atoms with E-state index >= 15 is 0 Å². The van der Waals surface area contributed by atoms with Crippen LogP contribution in [-0.2, 0) is 0 Å². The molecule has 0 saturated carbocycles. The fourth-order valence-corrected chi connectivity index (χ4v) is 0.167. The number of hydrogen-bond donors (Lipinski definition) is 1. The largest absolute Gasteiger partial charge is 0.318 e. The lowest BCUT2D eigenvalue weighted by Crippen LogP contribution is -2.15. The third-order valence-corrected chi connectivity index (χ3v) is 1.62. The Bertz CT molecular complexity index is 87.1. The molecule has 1 N–H and O–H groups in total. The molecule has 0 fully saturated rings. The maximum Gasteiger partial charge on any atom is 0.000733 e. The SMILES string of the molecule is C=C.C=CC(C)CC.CNC(C)C. The molecule has 0 heterocycles. The standard InChI is InChI=1S/C6H12.C4H11N.C2H4/c1-4-6(3)5-2;1-4(2)5-3;1-2/h4,6H,1,5H2,2-3H3;4-5H,1-3H3;1-2H2. The molecule has 0 aromatic carbocycles. The highest BCUT2D eigenvalue weighted by Gasteiger charge is 1.84. The van der Waals surface area contributed by atoms with Gasteiger partial charge in [-0.15, -0.1) is 19.7 Å². The van der Waals surface area contributed by atoms with Gasteiger partial charge in [0.05, 0.1) is 0 Å². The summed E-state index contributed by atoms with van der Waals surface area (Å²) in [5.41, 5.74) is 0. The Hall–Kier alpha value is -0.560. The Morgan fingerprint density at radius 2 is 1.54 bits per heavy atom. The van der Waals surface area contributed by atoms with Gasteiger partial charge in [-0.2, -0.15) is 0 Å². The van der Waals surface area contributed by atoms with E-state index < -0.39 is 0 Å². The van der Waals surface area contributed by atoms with Crippen molar-refractivity contribution in [2.45, 2.75) is 40.2 Å². The summed E-state index contributed by atoms with van der Waals surface area (Å²) in [6.45, 7) is 18.2. The van der Waals surface area contributed by atoms with Gasteiger partial charge >= 0.3 is 0 Å². The minimum atomic E-state index is 0.634. The molecule has 1 atom stereocenters. The number of rotatable bonds is 3. The number of nitrogens with one attached hydrogen (secondary N) is 1. The molecule has 13 heavy (non-hydrogen) atoms. The molecule has 0 rings (SSSR count). The van der Waals surface area contributed by atoms with Gasteiger partial charge in [-0.3, -0.25) is 0 Å². The van der Waals surface area contributed by atoms with Crippen molar-refractivity contribution in [3.8, 4) is 0 Å². The van der Waals surface area contributed by atoms with Gasteiger partial charge in [0, 0.05) is 6.04 Å². The van der Waals surface area contributed by atoms with Gasteiger partial charge in [-0.05, 0) is 13.0 Å². The van der Waals surface area contributed by atoms with Gasteiger partial charge in [-0.1, -0.05) is 40.2 Å². The Morgan fingerprint density at radius 3 is 1.54 bits per heavy atom. The van der Waals surface area contributed by atoms with Gasteiger partial charge in [0.15, 0.2) is 0 Å². The molecule has 0 aliphatic carbocycles. The maximum atomic E-state index is 3.63. The van der Waals surface area contributed by atoms with Crippen LogP contribution in [0.3, 0.4) is 0 Å². The molecule has 0 spiro atoms. The zero-order valence-electron chi connectivity index (χ0n) is 10.1. The summed E-state index contributed by atoms with van der Waals surface area (Å²) in [6, 6.07) is 0.634. The van der Waals surface area contributed by atoms with E-state index in [2.05, 4.69) is 52.7 Å². The number of hydrogen-bond acceptors (Lipinski definition) is 1. The van der Waals surface area contributed by atoms with Crippen molar-refractivity contribution in [2.24, 2.45) is 5.92 Å². The fourth-order valence-electron chi connectivity index (χ4n) is 0.167. The monoisotopic (exact) mass is 185 g/mol. The number of allylic oxidation sites excluding steroid dienone is 1. The van der Waals surface area contributed by atoms with Crippen LogP contribution in [0.2, 0.25) is 0 Å². The Kier molecular flexibility index (Phi) is 24.6. The maximum absolute atomic E-state index is 3.63. The first-order valence-electron chi connectivity index (χ1n) is 4.88. The van der Waals surface area contributed by atoms with Crippen molar-refractivity contribution >= 4 is 0 Å². The normalized spacial score (nSPS) is 10.3. The average Bonchev–Trinajstić information content (AvgIpc) is 2.20. The molecule has 0 aromatic rings. The molecule has 1 unspecified atom stereocenters.